The van der Waals surface area contributed by atoms with Gasteiger partial charge in [-0.15, -0.1) is 11.3 Å². The summed E-state index contributed by atoms with van der Waals surface area (Å²) in [6.07, 6.45) is 0.375. The first-order valence-electron chi connectivity index (χ1n) is 7.55. The Morgan fingerprint density at radius 1 is 1.12 bits per heavy atom. The van der Waals surface area contributed by atoms with Crippen molar-refractivity contribution in [3.63, 3.8) is 0 Å². The van der Waals surface area contributed by atoms with E-state index >= 15 is 0 Å². The van der Waals surface area contributed by atoms with E-state index in [2.05, 4.69) is 5.32 Å². The van der Waals surface area contributed by atoms with Crippen molar-refractivity contribution in [1.29, 1.82) is 0 Å². The van der Waals surface area contributed by atoms with Crippen molar-refractivity contribution in [3.05, 3.63) is 75.2 Å². The lowest BCUT2D eigenvalue weighted by molar-refractivity contribution is -0.116. The molecule has 4 rings (SSSR count). The van der Waals surface area contributed by atoms with Crippen LogP contribution in [0.25, 0.3) is 11.1 Å². The fourth-order valence-corrected chi connectivity index (χ4v) is 4.50. The number of halogens is 2. The SMILES string of the molecule is O=C1C[C@H](c2ccccc2Cl)c2scc(-c3ccc(F)cc3)c2N1. The highest BCUT2D eigenvalue weighted by Gasteiger charge is 2.31. The summed E-state index contributed by atoms with van der Waals surface area (Å²) in [4.78, 5) is 13.3. The summed E-state index contributed by atoms with van der Waals surface area (Å²) < 4.78 is 13.2. The molecule has 2 heterocycles. The van der Waals surface area contributed by atoms with Gasteiger partial charge in [-0.3, -0.25) is 4.79 Å². The predicted octanol–water partition coefficient (Wildman–Crippen LogP) is 5.68. The van der Waals surface area contributed by atoms with Crippen LogP contribution < -0.4 is 5.32 Å². The first-order valence-corrected chi connectivity index (χ1v) is 8.81. The first kappa shape index (κ1) is 15.4. The molecule has 5 heteroatoms. The van der Waals surface area contributed by atoms with Gasteiger partial charge in [-0.2, -0.15) is 0 Å². The minimum atomic E-state index is -0.277. The molecular formula is C19H13ClFNOS. The van der Waals surface area contributed by atoms with Gasteiger partial charge in [0.1, 0.15) is 5.82 Å². The number of nitrogens with one attached hydrogen (secondary N) is 1. The van der Waals surface area contributed by atoms with E-state index in [1.54, 1.807) is 23.5 Å². The molecule has 3 aromatic rings. The molecule has 1 atom stereocenters. The largest absolute Gasteiger partial charge is 0.325 e. The van der Waals surface area contributed by atoms with Crippen molar-refractivity contribution in [2.75, 3.05) is 5.32 Å². The zero-order valence-corrected chi connectivity index (χ0v) is 14.1. The van der Waals surface area contributed by atoms with E-state index in [9.17, 15) is 9.18 Å². The van der Waals surface area contributed by atoms with E-state index in [0.717, 1.165) is 27.3 Å². The van der Waals surface area contributed by atoms with Crippen LogP contribution in [0, 0.1) is 5.82 Å². The fraction of sp³-hybridized carbons (Fsp3) is 0.105. The summed E-state index contributed by atoms with van der Waals surface area (Å²) in [7, 11) is 0. The number of hydrogen-bond donors (Lipinski definition) is 1. The van der Waals surface area contributed by atoms with Crippen LogP contribution in [0.1, 0.15) is 22.8 Å². The quantitative estimate of drug-likeness (QED) is 0.628. The molecule has 1 amide bonds. The van der Waals surface area contributed by atoms with Gasteiger partial charge in [-0.1, -0.05) is 41.9 Å². The van der Waals surface area contributed by atoms with Gasteiger partial charge in [0.05, 0.1) is 5.69 Å². The highest BCUT2D eigenvalue weighted by atomic mass is 35.5. The molecule has 1 aromatic heterocycles. The topological polar surface area (TPSA) is 29.1 Å². The minimum absolute atomic E-state index is 0.0332. The summed E-state index contributed by atoms with van der Waals surface area (Å²) in [5.41, 5.74) is 3.57. The van der Waals surface area contributed by atoms with Gasteiger partial charge in [0.25, 0.3) is 0 Å². The van der Waals surface area contributed by atoms with Crippen molar-refractivity contribution in [2.45, 2.75) is 12.3 Å². The summed E-state index contributed by atoms with van der Waals surface area (Å²) >= 11 is 7.94. The Balaban J connectivity index is 1.83. The maximum Gasteiger partial charge on any atom is 0.225 e. The summed E-state index contributed by atoms with van der Waals surface area (Å²) in [6.45, 7) is 0. The molecular weight excluding hydrogens is 345 g/mol. The fourth-order valence-electron chi connectivity index (χ4n) is 3.08. The molecule has 0 aliphatic carbocycles. The van der Waals surface area contributed by atoms with Gasteiger partial charge < -0.3 is 5.32 Å². The first-order chi connectivity index (χ1) is 11.6. The number of rotatable bonds is 2. The number of fused-ring (bicyclic) bond motifs is 1. The molecule has 0 bridgehead atoms. The molecule has 0 spiro atoms. The Bertz CT molecular complexity index is 919. The Labute approximate surface area is 147 Å². The van der Waals surface area contributed by atoms with Crippen LogP contribution in [-0.2, 0) is 4.79 Å². The summed E-state index contributed by atoms with van der Waals surface area (Å²) in [5, 5.41) is 5.65. The van der Waals surface area contributed by atoms with Crippen molar-refractivity contribution in [2.24, 2.45) is 0 Å². The molecule has 1 aliphatic rings. The van der Waals surface area contributed by atoms with Crippen LogP contribution in [0.3, 0.4) is 0 Å². The summed E-state index contributed by atoms with van der Waals surface area (Å²) in [5.74, 6) is -0.364. The predicted molar refractivity (Wildman–Crippen MR) is 96.3 cm³/mol. The standard InChI is InChI=1S/C19H13ClFNOS/c20-16-4-2-1-3-13(16)14-9-17(23)22-18-15(10-24-19(14)18)11-5-7-12(21)8-6-11/h1-8,10,14H,9H2,(H,22,23)/t14-/m1/s1. The maximum absolute atomic E-state index is 13.2. The molecule has 1 N–H and O–H groups in total. The lowest BCUT2D eigenvalue weighted by Crippen LogP contribution is -2.22. The second kappa shape index (κ2) is 6.04. The van der Waals surface area contributed by atoms with E-state index in [4.69, 9.17) is 11.6 Å². The highest BCUT2D eigenvalue weighted by Crippen LogP contribution is 2.47. The molecule has 0 radical (unpaired) electrons. The normalized spacial score (nSPS) is 16.6. The Morgan fingerprint density at radius 3 is 2.62 bits per heavy atom. The summed E-state index contributed by atoms with van der Waals surface area (Å²) in [6, 6.07) is 13.9. The number of carbonyl (C=O) groups is 1. The molecule has 1 aliphatic heterocycles. The third-order valence-electron chi connectivity index (χ3n) is 4.23. The van der Waals surface area contributed by atoms with Crippen molar-refractivity contribution in [3.8, 4) is 11.1 Å². The van der Waals surface area contributed by atoms with Crippen LogP contribution in [0.5, 0.6) is 0 Å². The van der Waals surface area contributed by atoms with E-state index < -0.39 is 0 Å². The van der Waals surface area contributed by atoms with Gasteiger partial charge in [-0.25, -0.2) is 4.39 Å². The molecule has 2 nitrogen and oxygen atoms in total. The minimum Gasteiger partial charge on any atom is -0.325 e. The van der Waals surface area contributed by atoms with Crippen LogP contribution >= 0.6 is 22.9 Å². The van der Waals surface area contributed by atoms with Crippen LogP contribution in [0.15, 0.2) is 53.9 Å². The molecule has 0 fully saturated rings. The second-order valence-electron chi connectivity index (χ2n) is 5.72. The van der Waals surface area contributed by atoms with Crippen molar-refractivity contribution >= 4 is 34.5 Å². The van der Waals surface area contributed by atoms with Gasteiger partial charge in [0.15, 0.2) is 0 Å². The average Bonchev–Trinajstić information content (AvgIpc) is 2.99. The average molecular weight is 358 g/mol. The van der Waals surface area contributed by atoms with E-state index in [1.807, 2.05) is 29.6 Å². The smallest absolute Gasteiger partial charge is 0.225 e. The third kappa shape index (κ3) is 2.62. The van der Waals surface area contributed by atoms with E-state index in [0.29, 0.717) is 11.4 Å². The lowest BCUT2D eigenvalue weighted by atomic mass is 9.89. The Hall–Kier alpha value is -2.17. The third-order valence-corrected chi connectivity index (χ3v) is 5.67. The maximum atomic E-state index is 13.2. The number of benzene rings is 2. The number of carbonyl (C=O) groups excluding carboxylic acids is 1. The molecule has 0 saturated heterocycles. The van der Waals surface area contributed by atoms with E-state index in [1.165, 1.54) is 12.1 Å². The van der Waals surface area contributed by atoms with Crippen LogP contribution in [0.4, 0.5) is 10.1 Å². The monoisotopic (exact) mass is 357 g/mol. The Morgan fingerprint density at radius 2 is 1.88 bits per heavy atom. The molecule has 0 unspecified atom stereocenters. The molecule has 120 valence electrons. The zero-order valence-electron chi connectivity index (χ0n) is 12.6. The number of amides is 1. The highest BCUT2D eigenvalue weighted by molar-refractivity contribution is 7.11. The molecule has 24 heavy (non-hydrogen) atoms. The number of thiophene rings is 1. The lowest BCUT2D eigenvalue weighted by Gasteiger charge is -2.24. The van der Waals surface area contributed by atoms with Crippen molar-refractivity contribution < 1.29 is 9.18 Å². The van der Waals surface area contributed by atoms with Crippen LogP contribution in [0.2, 0.25) is 5.02 Å². The van der Waals surface area contributed by atoms with Crippen LogP contribution in [-0.4, -0.2) is 5.91 Å². The van der Waals surface area contributed by atoms with Gasteiger partial charge in [-0.05, 0) is 29.3 Å². The molecule has 2 aromatic carbocycles. The molecule has 0 saturated carbocycles. The Kier molecular flexibility index (Phi) is 3.87. The number of anilines is 1. The zero-order chi connectivity index (χ0) is 16.7. The van der Waals surface area contributed by atoms with Gasteiger partial charge in [0, 0.05) is 33.2 Å². The van der Waals surface area contributed by atoms with Crippen molar-refractivity contribution in [1.82, 2.24) is 0 Å². The second-order valence-corrected chi connectivity index (χ2v) is 7.04. The number of hydrogen-bond acceptors (Lipinski definition) is 2. The van der Waals surface area contributed by atoms with Gasteiger partial charge in [0.2, 0.25) is 5.91 Å². The van der Waals surface area contributed by atoms with E-state index in [-0.39, 0.29) is 17.6 Å². The van der Waals surface area contributed by atoms with Gasteiger partial charge >= 0.3 is 0 Å².